The van der Waals surface area contributed by atoms with Gasteiger partial charge in [-0.3, -0.25) is 9.59 Å². The Morgan fingerprint density at radius 3 is 2.38 bits per heavy atom. The SMILES string of the molecule is C[C@@H]1[C@@H](c2ccccc2)C12C(=O)OC1(CCCCC1)C2=O. The zero-order valence-electron chi connectivity index (χ0n) is 12.3. The van der Waals surface area contributed by atoms with E-state index in [9.17, 15) is 9.59 Å². The smallest absolute Gasteiger partial charge is 0.321 e. The lowest BCUT2D eigenvalue weighted by atomic mass is 9.77. The van der Waals surface area contributed by atoms with Crippen LogP contribution in [-0.4, -0.2) is 17.4 Å². The third-order valence-electron chi connectivity index (χ3n) is 5.83. The molecule has 4 rings (SSSR count). The van der Waals surface area contributed by atoms with Crippen LogP contribution in [0.1, 0.15) is 50.5 Å². The summed E-state index contributed by atoms with van der Waals surface area (Å²) >= 11 is 0. The van der Waals surface area contributed by atoms with Crippen molar-refractivity contribution in [1.82, 2.24) is 0 Å². The summed E-state index contributed by atoms with van der Waals surface area (Å²) in [6.45, 7) is 2.01. The Morgan fingerprint density at radius 1 is 1.05 bits per heavy atom. The van der Waals surface area contributed by atoms with Crippen LogP contribution in [0.4, 0.5) is 0 Å². The number of esters is 1. The number of hydrogen-bond donors (Lipinski definition) is 0. The number of rotatable bonds is 1. The van der Waals surface area contributed by atoms with Crippen molar-refractivity contribution in [2.75, 3.05) is 0 Å². The highest BCUT2D eigenvalue weighted by molar-refractivity contribution is 6.17. The highest BCUT2D eigenvalue weighted by Crippen LogP contribution is 2.70. The second kappa shape index (κ2) is 4.19. The average molecular weight is 284 g/mol. The second-order valence-corrected chi connectivity index (χ2v) is 6.82. The molecular weight excluding hydrogens is 264 g/mol. The van der Waals surface area contributed by atoms with Gasteiger partial charge in [0.25, 0.3) is 0 Å². The number of carbonyl (C=O) groups is 2. The van der Waals surface area contributed by atoms with Gasteiger partial charge >= 0.3 is 5.97 Å². The molecule has 2 spiro atoms. The van der Waals surface area contributed by atoms with E-state index in [0.717, 1.165) is 24.8 Å². The van der Waals surface area contributed by atoms with Crippen molar-refractivity contribution in [1.29, 1.82) is 0 Å². The van der Waals surface area contributed by atoms with Gasteiger partial charge in [-0.15, -0.1) is 0 Å². The fourth-order valence-corrected chi connectivity index (χ4v) is 4.66. The number of Topliss-reactive ketones (excluding diaryl/α,β-unsaturated/α-hetero) is 1. The van der Waals surface area contributed by atoms with Crippen LogP contribution in [0, 0.1) is 11.3 Å². The molecule has 0 bridgehead atoms. The number of carbonyl (C=O) groups excluding carboxylic acids is 2. The molecule has 1 aromatic carbocycles. The molecule has 1 heterocycles. The molecule has 0 N–H and O–H groups in total. The predicted octanol–water partition coefficient (Wildman–Crippen LogP) is 3.24. The molecule has 1 aliphatic heterocycles. The van der Waals surface area contributed by atoms with Gasteiger partial charge in [0.2, 0.25) is 0 Å². The predicted molar refractivity (Wildman–Crippen MR) is 77.7 cm³/mol. The van der Waals surface area contributed by atoms with Crippen LogP contribution in [0.3, 0.4) is 0 Å². The van der Waals surface area contributed by atoms with Gasteiger partial charge in [-0.05, 0) is 37.2 Å². The molecule has 3 nitrogen and oxygen atoms in total. The summed E-state index contributed by atoms with van der Waals surface area (Å²) in [5.41, 5.74) is -0.602. The normalized spacial score (nSPS) is 37.0. The van der Waals surface area contributed by atoms with Gasteiger partial charge in [-0.25, -0.2) is 0 Å². The molecule has 3 atom stereocenters. The van der Waals surface area contributed by atoms with Crippen LogP contribution < -0.4 is 0 Å². The summed E-state index contributed by atoms with van der Waals surface area (Å²) < 4.78 is 5.71. The molecule has 2 aliphatic carbocycles. The average Bonchev–Trinajstić information content (AvgIpc) is 3.09. The van der Waals surface area contributed by atoms with E-state index in [2.05, 4.69) is 0 Å². The Labute approximate surface area is 124 Å². The molecule has 3 fully saturated rings. The number of benzene rings is 1. The van der Waals surface area contributed by atoms with Crippen LogP contribution in [0.5, 0.6) is 0 Å². The Hall–Kier alpha value is -1.64. The van der Waals surface area contributed by atoms with Crippen LogP contribution >= 0.6 is 0 Å². The maximum Gasteiger partial charge on any atom is 0.321 e. The first-order valence-corrected chi connectivity index (χ1v) is 7.96. The first-order valence-electron chi connectivity index (χ1n) is 7.96. The van der Waals surface area contributed by atoms with Crippen LogP contribution in [0.2, 0.25) is 0 Å². The third kappa shape index (κ3) is 1.49. The molecule has 0 aromatic heterocycles. The lowest BCUT2D eigenvalue weighted by Gasteiger charge is -2.30. The van der Waals surface area contributed by atoms with Crippen LogP contribution in [-0.2, 0) is 14.3 Å². The first kappa shape index (κ1) is 13.1. The molecular formula is C18H20O3. The number of ether oxygens (including phenoxy) is 1. The molecule has 3 heteroatoms. The number of ketones is 1. The summed E-state index contributed by atoms with van der Waals surface area (Å²) in [7, 11) is 0. The van der Waals surface area contributed by atoms with Crippen molar-refractivity contribution in [3.8, 4) is 0 Å². The van der Waals surface area contributed by atoms with Crippen LogP contribution in [0.25, 0.3) is 0 Å². The highest BCUT2D eigenvalue weighted by atomic mass is 16.6. The molecule has 3 aliphatic rings. The fourth-order valence-electron chi connectivity index (χ4n) is 4.66. The Bertz CT molecular complexity index is 600. The maximum atomic E-state index is 13.1. The molecule has 0 radical (unpaired) electrons. The second-order valence-electron chi connectivity index (χ2n) is 6.82. The molecule has 1 aromatic rings. The van der Waals surface area contributed by atoms with Crippen molar-refractivity contribution in [2.24, 2.45) is 11.3 Å². The zero-order valence-corrected chi connectivity index (χ0v) is 12.3. The monoisotopic (exact) mass is 284 g/mol. The summed E-state index contributed by atoms with van der Waals surface area (Å²) in [6, 6.07) is 9.93. The van der Waals surface area contributed by atoms with Gasteiger partial charge in [0, 0.05) is 5.92 Å². The summed E-state index contributed by atoms with van der Waals surface area (Å²) in [6.07, 6.45) is 4.54. The van der Waals surface area contributed by atoms with E-state index in [1.54, 1.807) is 0 Å². The first-order chi connectivity index (χ1) is 10.1. The summed E-state index contributed by atoms with van der Waals surface area (Å²) in [5, 5.41) is 0. The molecule has 110 valence electrons. The van der Waals surface area contributed by atoms with Gasteiger partial charge in [0.05, 0.1) is 0 Å². The Kier molecular flexibility index (Phi) is 2.60. The fraction of sp³-hybridized carbons (Fsp3) is 0.556. The summed E-state index contributed by atoms with van der Waals surface area (Å²) in [5.74, 6) is -0.141. The summed E-state index contributed by atoms with van der Waals surface area (Å²) in [4.78, 5) is 25.7. The van der Waals surface area contributed by atoms with Crippen molar-refractivity contribution >= 4 is 11.8 Å². The van der Waals surface area contributed by atoms with Crippen molar-refractivity contribution in [3.05, 3.63) is 35.9 Å². The maximum absolute atomic E-state index is 13.1. The molecule has 21 heavy (non-hydrogen) atoms. The minimum atomic E-state index is -0.890. The van der Waals surface area contributed by atoms with E-state index in [1.165, 1.54) is 0 Å². The van der Waals surface area contributed by atoms with Crippen molar-refractivity contribution < 1.29 is 14.3 Å². The highest BCUT2D eigenvalue weighted by Gasteiger charge is 2.80. The van der Waals surface area contributed by atoms with E-state index in [-0.39, 0.29) is 23.6 Å². The standard InChI is InChI=1S/C18H20O3/c1-12-14(13-8-4-2-5-9-13)18(12)15(19)17(21-16(18)20)10-6-3-7-11-17/h2,4-5,8-9,12,14H,3,6-7,10-11H2,1H3/t12-,14+,18?/m1/s1. The minimum Gasteiger partial charge on any atom is -0.450 e. The lowest BCUT2D eigenvalue weighted by Crippen LogP contribution is -2.40. The van der Waals surface area contributed by atoms with Gasteiger partial charge < -0.3 is 4.74 Å². The Balaban J connectivity index is 1.73. The largest absolute Gasteiger partial charge is 0.450 e. The topological polar surface area (TPSA) is 43.4 Å². The zero-order chi connectivity index (χ0) is 14.7. The van der Waals surface area contributed by atoms with Crippen molar-refractivity contribution in [2.45, 2.75) is 50.5 Å². The lowest BCUT2D eigenvalue weighted by molar-refractivity contribution is -0.155. The van der Waals surface area contributed by atoms with Gasteiger partial charge in [0.15, 0.2) is 11.4 Å². The van der Waals surface area contributed by atoms with Crippen LogP contribution in [0.15, 0.2) is 30.3 Å². The van der Waals surface area contributed by atoms with E-state index in [4.69, 9.17) is 4.74 Å². The molecule has 1 unspecified atom stereocenters. The molecule has 1 saturated heterocycles. The molecule has 0 amide bonds. The van der Waals surface area contributed by atoms with Crippen molar-refractivity contribution in [3.63, 3.8) is 0 Å². The molecule has 2 saturated carbocycles. The van der Waals surface area contributed by atoms with E-state index in [1.807, 2.05) is 37.3 Å². The van der Waals surface area contributed by atoms with E-state index >= 15 is 0 Å². The third-order valence-corrected chi connectivity index (χ3v) is 5.83. The van der Waals surface area contributed by atoms with E-state index < -0.39 is 11.0 Å². The van der Waals surface area contributed by atoms with Gasteiger partial charge in [-0.1, -0.05) is 43.7 Å². The van der Waals surface area contributed by atoms with Gasteiger partial charge in [0.1, 0.15) is 5.41 Å². The minimum absolute atomic E-state index is 0.00000142. The van der Waals surface area contributed by atoms with E-state index in [0.29, 0.717) is 12.8 Å². The van der Waals surface area contributed by atoms with Gasteiger partial charge in [-0.2, -0.15) is 0 Å². The quantitative estimate of drug-likeness (QED) is 0.587. The number of hydrogen-bond acceptors (Lipinski definition) is 3. The Morgan fingerprint density at radius 2 is 1.71 bits per heavy atom.